The van der Waals surface area contributed by atoms with E-state index in [2.05, 4.69) is 26.0 Å². The van der Waals surface area contributed by atoms with Crippen molar-refractivity contribution in [3.63, 3.8) is 0 Å². The molecule has 7 N–H and O–H groups in total. The summed E-state index contributed by atoms with van der Waals surface area (Å²) in [4.78, 5) is 13.0. The number of ether oxygens (including phenoxy) is 6. The van der Waals surface area contributed by atoms with Crippen molar-refractivity contribution in [2.45, 2.75) is 268 Å². The number of hydrogen-bond acceptors (Lipinski definition) is 14. The normalized spacial score (nSPS) is 26.8. The van der Waals surface area contributed by atoms with Crippen molar-refractivity contribution in [2.75, 3.05) is 33.0 Å². The molecule has 0 amide bonds. The lowest BCUT2D eigenvalue weighted by Crippen LogP contribution is -2.61. The second kappa shape index (κ2) is 38.7. The third-order valence-corrected chi connectivity index (χ3v) is 12.5. The Bertz CT molecular complexity index is 1110. The molecule has 11 unspecified atom stereocenters. The molecule has 2 fully saturated rings. The fourth-order valence-corrected chi connectivity index (χ4v) is 8.28. The molecule has 0 aliphatic carbocycles. The topological polar surface area (TPSA) is 214 Å². The number of aliphatic hydroxyl groups excluding tert-OH is 7. The molecule has 14 nitrogen and oxygen atoms in total. The fourth-order valence-electron chi connectivity index (χ4n) is 8.28. The Hall–Kier alpha value is -1.27. The van der Waals surface area contributed by atoms with Gasteiger partial charge in [-0.3, -0.25) is 4.79 Å². The second-order valence-corrected chi connectivity index (χ2v) is 18.3. The van der Waals surface area contributed by atoms with E-state index in [-0.39, 0.29) is 25.6 Å². The van der Waals surface area contributed by atoms with Crippen molar-refractivity contribution in [1.29, 1.82) is 0 Å². The number of unbranched alkanes of at least 4 members (excludes halogenated alkanes) is 25. The van der Waals surface area contributed by atoms with Crippen LogP contribution in [0.15, 0.2) is 12.2 Å². The molecule has 2 aliphatic heterocycles. The first-order chi connectivity index (χ1) is 31.1. The van der Waals surface area contributed by atoms with Crippen molar-refractivity contribution >= 4 is 5.97 Å². The molecule has 2 saturated heterocycles. The quantitative estimate of drug-likeness (QED) is 0.0180. The van der Waals surface area contributed by atoms with Crippen LogP contribution in [0.5, 0.6) is 0 Å². The molecule has 0 saturated carbocycles. The third-order valence-electron chi connectivity index (χ3n) is 12.5. The van der Waals surface area contributed by atoms with E-state index in [1.54, 1.807) is 0 Å². The minimum absolute atomic E-state index is 0.0638. The smallest absolute Gasteiger partial charge is 0.306 e. The van der Waals surface area contributed by atoms with E-state index in [1.165, 1.54) is 116 Å². The molecule has 0 spiro atoms. The van der Waals surface area contributed by atoms with Gasteiger partial charge in [0.15, 0.2) is 12.6 Å². The van der Waals surface area contributed by atoms with E-state index < -0.39 is 80.7 Å². The average Bonchev–Trinajstić information content (AvgIpc) is 3.29. The lowest BCUT2D eigenvalue weighted by Gasteiger charge is -2.42. The highest BCUT2D eigenvalue weighted by Gasteiger charge is 2.47. The minimum Gasteiger partial charge on any atom is -0.457 e. The largest absolute Gasteiger partial charge is 0.457 e. The number of rotatable bonds is 41. The highest BCUT2D eigenvalue weighted by Crippen LogP contribution is 2.26. The summed E-state index contributed by atoms with van der Waals surface area (Å²) < 4.78 is 34.3. The van der Waals surface area contributed by atoms with Gasteiger partial charge in [-0.1, -0.05) is 167 Å². The molecule has 64 heavy (non-hydrogen) atoms. The standard InChI is InChI=1S/C50H94O14/c1-3-5-7-9-11-13-15-17-19-20-21-23-25-27-29-31-33-42(52)62-39(36-59-34-32-30-28-26-24-22-18-16-14-12-10-8-6-4-2)37-60-49-48(58)46(56)44(54)41(64-49)38-61-50-47(57)45(55)43(53)40(35-51)63-50/h19-20,39-41,43-51,53-58H,3-18,21-38H2,1-2H3/b20-19-. The second-order valence-electron chi connectivity index (χ2n) is 18.3. The molecule has 2 rings (SSSR count). The Morgan fingerprint density at radius 2 is 0.922 bits per heavy atom. The van der Waals surface area contributed by atoms with Crippen molar-refractivity contribution in [3.05, 3.63) is 12.2 Å². The number of allylic oxidation sites excluding steroid dienone is 2. The van der Waals surface area contributed by atoms with E-state index in [4.69, 9.17) is 28.4 Å². The van der Waals surface area contributed by atoms with Crippen LogP contribution < -0.4 is 0 Å². The first kappa shape index (κ1) is 58.9. The van der Waals surface area contributed by atoms with Crippen molar-refractivity contribution < 1.29 is 69.0 Å². The molecule has 378 valence electrons. The summed E-state index contributed by atoms with van der Waals surface area (Å²) in [6.45, 7) is 3.70. The van der Waals surface area contributed by atoms with Gasteiger partial charge in [0, 0.05) is 13.0 Å². The van der Waals surface area contributed by atoms with Crippen LogP contribution >= 0.6 is 0 Å². The number of hydrogen-bond donors (Lipinski definition) is 7. The number of carbonyl (C=O) groups excluding carboxylic acids is 1. The lowest BCUT2D eigenvalue weighted by atomic mass is 9.98. The van der Waals surface area contributed by atoms with Gasteiger partial charge in [-0.05, 0) is 38.5 Å². The Morgan fingerprint density at radius 3 is 1.42 bits per heavy atom. The first-order valence-electron chi connectivity index (χ1n) is 25.8. The molecule has 2 heterocycles. The zero-order chi connectivity index (χ0) is 46.6. The summed E-state index contributed by atoms with van der Waals surface area (Å²) in [7, 11) is 0. The zero-order valence-electron chi connectivity index (χ0n) is 40.0. The Morgan fingerprint density at radius 1 is 0.500 bits per heavy atom. The van der Waals surface area contributed by atoms with E-state index in [9.17, 15) is 40.5 Å². The first-order valence-corrected chi connectivity index (χ1v) is 25.8. The summed E-state index contributed by atoms with van der Waals surface area (Å²) >= 11 is 0. The predicted octanol–water partition coefficient (Wildman–Crippen LogP) is 7.46. The van der Waals surface area contributed by atoms with Gasteiger partial charge in [0.05, 0.1) is 26.4 Å². The number of esters is 1. The van der Waals surface area contributed by atoms with Crippen LogP contribution in [-0.4, -0.2) is 142 Å². The molecule has 0 bridgehead atoms. The molecular weight excluding hydrogens is 825 g/mol. The van der Waals surface area contributed by atoms with Gasteiger partial charge in [-0.2, -0.15) is 0 Å². The lowest BCUT2D eigenvalue weighted by molar-refractivity contribution is -0.332. The van der Waals surface area contributed by atoms with Crippen LogP contribution in [0.2, 0.25) is 0 Å². The summed E-state index contributed by atoms with van der Waals surface area (Å²) in [5.74, 6) is -0.381. The minimum atomic E-state index is -1.70. The summed E-state index contributed by atoms with van der Waals surface area (Å²) in [5, 5.41) is 72.1. The van der Waals surface area contributed by atoms with E-state index >= 15 is 0 Å². The molecule has 0 aromatic rings. The van der Waals surface area contributed by atoms with Crippen molar-refractivity contribution in [3.8, 4) is 0 Å². The molecule has 0 radical (unpaired) electrons. The van der Waals surface area contributed by atoms with Crippen LogP contribution in [0.1, 0.15) is 200 Å². The predicted molar refractivity (Wildman–Crippen MR) is 247 cm³/mol. The van der Waals surface area contributed by atoms with E-state index in [1.807, 2.05) is 0 Å². The van der Waals surface area contributed by atoms with Crippen molar-refractivity contribution in [1.82, 2.24) is 0 Å². The zero-order valence-corrected chi connectivity index (χ0v) is 40.0. The van der Waals surface area contributed by atoms with Gasteiger partial charge in [0.25, 0.3) is 0 Å². The van der Waals surface area contributed by atoms with Crippen LogP contribution in [0, 0.1) is 0 Å². The van der Waals surface area contributed by atoms with Crippen molar-refractivity contribution in [2.24, 2.45) is 0 Å². The SMILES string of the molecule is CCCCCCCCC/C=C\CCCCCCCC(=O)OC(COCCCCCCCCCCCCCCCC)COC1OC(COC2OC(CO)C(O)C(O)C2O)C(O)C(O)C1O. The maximum Gasteiger partial charge on any atom is 0.306 e. The molecule has 0 aromatic heterocycles. The van der Waals surface area contributed by atoms with Gasteiger partial charge in [0.2, 0.25) is 0 Å². The summed E-state index contributed by atoms with van der Waals surface area (Å²) in [5.41, 5.74) is 0. The Balaban J connectivity index is 1.77. The Kier molecular flexibility index (Phi) is 35.6. The Labute approximate surface area is 386 Å². The average molecular weight is 919 g/mol. The van der Waals surface area contributed by atoms with Crippen LogP contribution in [0.3, 0.4) is 0 Å². The van der Waals surface area contributed by atoms with Gasteiger partial charge in [-0.15, -0.1) is 0 Å². The van der Waals surface area contributed by atoms with Crippen LogP contribution in [-0.2, 0) is 33.2 Å². The third kappa shape index (κ3) is 26.3. The van der Waals surface area contributed by atoms with E-state index in [0.717, 1.165) is 57.8 Å². The monoisotopic (exact) mass is 919 g/mol. The summed E-state index contributed by atoms with van der Waals surface area (Å²) in [6, 6.07) is 0. The molecule has 0 aromatic carbocycles. The van der Waals surface area contributed by atoms with Gasteiger partial charge >= 0.3 is 5.97 Å². The molecule has 2 aliphatic rings. The molecule has 11 atom stereocenters. The molecular formula is C50H94O14. The van der Waals surface area contributed by atoms with Gasteiger partial charge in [-0.25, -0.2) is 0 Å². The maximum absolute atomic E-state index is 13.0. The highest BCUT2D eigenvalue weighted by molar-refractivity contribution is 5.69. The molecule has 14 heteroatoms. The van der Waals surface area contributed by atoms with E-state index in [0.29, 0.717) is 13.0 Å². The highest BCUT2D eigenvalue weighted by atomic mass is 16.7. The van der Waals surface area contributed by atoms with Crippen LogP contribution in [0.25, 0.3) is 0 Å². The number of carbonyl (C=O) groups is 1. The van der Waals surface area contributed by atoms with Crippen LogP contribution in [0.4, 0.5) is 0 Å². The maximum atomic E-state index is 13.0. The number of aliphatic hydroxyl groups is 7. The van der Waals surface area contributed by atoms with Gasteiger partial charge < -0.3 is 64.2 Å². The fraction of sp³-hybridized carbons (Fsp3) is 0.940. The summed E-state index contributed by atoms with van der Waals surface area (Å²) in [6.07, 6.45) is 22.7. The van der Waals surface area contributed by atoms with Gasteiger partial charge in [0.1, 0.15) is 54.9 Å².